The van der Waals surface area contributed by atoms with Crippen molar-refractivity contribution >= 4 is 16.9 Å². The Labute approximate surface area is 122 Å². The highest BCUT2D eigenvalue weighted by Gasteiger charge is 2.13. The Kier molecular flexibility index (Phi) is 4.62. The first-order chi connectivity index (χ1) is 10.0. The van der Waals surface area contributed by atoms with Gasteiger partial charge in [0.2, 0.25) is 0 Å². The lowest BCUT2D eigenvalue weighted by Gasteiger charge is -2.09. The van der Waals surface area contributed by atoms with Crippen LogP contribution >= 0.6 is 0 Å². The minimum atomic E-state index is -0.933. The Morgan fingerprint density at radius 2 is 2.14 bits per heavy atom. The number of benzene rings is 1. The van der Waals surface area contributed by atoms with E-state index in [1.807, 2.05) is 26.0 Å². The molecule has 2 rings (SSSR count). The van der Waals surface area contributed by atoms with Gasteiger partial charge in [0.1, 0.15) is 11.3 Å². The van der Waals surface area contributed by atoms with Gasteiger partial charge in [-0.3, -0.25) is 4.79 Å². The van der Waals surface area contributed by atoms with Gasteiger partial charge in [-0.15, -0.1) is 0 Å². The highest BCUT2D eigenvalue weighted by atomic mass is 16.5. The van der Waals surface area contributed by atoms with Crippen molar-refractivity contribution in [3.05, 3.63) is 39.7 Å². The number of hydrogen-bond donors (Lipinski definition) is 1. The zero-order valence-corrected chi connectivity index (χ0v) is 12.1. The van der Waals surface area contributed by atoms with Gasteiger partial charge in [0.25, 0.3) is 0 Å². The number of carboxylic acids is 1. The topological polar surface area (TPSA) is 76.7 Å². The lowest BCUT2D eigenvalue weighted by molar-refractivity contribution is -0.136. The third kappa shape index (κ3) is 3.42. The molecule has 1 N–H and O–H groups in total. The first-order valence-corrected chi connectivity index (χ1v) is 6.94. The molecule has 1 aromatic heterocycles. The van der Waals surface area contributed by atoms with E-state index in [1.54, 1.807) is 6.07 Å². The summed E-state index contributed by atoms with van der Waals surface area (Å²) in [6.45, 7) is 4.43. The maximum atomic E-state index is 12.0. The van der Waals surface area contributed by atoms with E-state index >= 15 is 0 Å². The molecule has 5 heteroatoms. The highest BCUT2D eigenvalue weighted by Crippen LogP contribution is 2.24. The number of rotatable bonds is 6. The number of aryl methyl sites for hydroxylation is 1. The Hall–Kier alpha value is -2.30. The van der Waals surface area contributed by atoms with Crippen LogP contribution in [-0.4, -0.2) is 17.7 Å². The van der Waals surface area contributed by atoms with Crippen molar-refractivity contribution in [1.29, 1.82) is 0 Å². The molecule has 0 saturated heterocycles. The van der Waals surface area contributed by atoms with Gasteiger partial charge in [-0.05, 0) is 37.5 Å². The van der Waals surface area contributed by atoms with Crippen LogP contribution in [0.2, 0.25) is 0 Å². The van der Waals surface area contributed by atoms with Crippen molar-refractivity contribution in [2.75, 3.05) is 6.61 Å². The van der Waals surface area contributed by atoms with Gasteiger partial charge in [0, 0.05) is 23.4 Å². The van der Waals surface area contributed by atoms with Crippen molar-refractivity contribution in [3.63, 3.8) is 0 Å². The SMILES string of the molecule is CCCOc1ccc2c(C)c(CCC(=O)O)c(=O)oc2c1. The summed E-state index contributed by atoms with van der Waals surface area (Å²) in [6, 6.07) is 5.36. The fourth-order valence-corrected chi connectivity index (χ4v) is 2.21. The van der Waals surface area contributed by atoms with E-state index < -0.39 is 11.6 Å². The minimum absolute atomic E-state index is 0.0885. The molecular weight excluding hydrogens is 272 g/mol. The van der Waals surface area contributed by atoms with Crippen LogP contribution in [0.3, 0.4) is 0 Å². The summed E-state index contributed by atoms with van der Waals surface area (Å²) in [5, 5.41) is 9.54. The Balaban J connectivity index is 2.42. The molecule has 1 aromatic carbocycles. The molecular formula is C16H18O5. The summed E-state index contributed by atoms with van der Waals surface area (Å²) < 4.78 is 10.8. The fourth-order valence-electron chi connectivity index (χ4n) is 2.21. The molecule has 0 radical (unpaired) electrons. The molecule has 0 bridgehead atoms. The molecule has 0 aliphatic rings. The summed E-state index contributed by atoms with van der Waals surface area (Å²) in [5.41, 5.74) is 1.18. The molecule has 21 heavy (non-hydrogen) atoms. The van der Waals surface area contributed by atoms with Crippen LogP contribution in [-0.2, 0) is 11.2 Å². The Morgan fingerprint density at radius 3 is 2.81 bits per heavy atom. The summed E-state index contributed by atoms with van der Waals surface area (Å²) in [7, 11) is 0. The van der Waals surface area contributed by atoms with E-state index in [4.69, 9.17) is 14.3 Å². The average molecular weight is 290 g/mol. The third-order valence-corrected chi connectivity index (χ3v) is 3.32. The van der Waals surface area contributed by atoms with E-state index in [1.165, 1.54) is 0 Å². The monoisotopic (exact) mass is 290 g/mol. The highest BCUT2D eigenvalue weighted by molar-refractivity contribution is 5.82. The fraction of sp³-hybridized carbons (Fsp3) is 0.375. The second-order valence-corrected chi connectivity index (χ2v) is 4.89. The lowest BCUT2D eigenvalue weighted by Crippen LogP contribution is -2.12. The van der Waals surface area contributed by atoms with Crippen molar-refractivity contribution in [2.45, 2.75) is 33.1 Å². The summed E-state index contributed by atoms with van der Waals surface area (Å²) in [4.78, 5) is 22.6. The van der Waals surface area contributed by atoms with E-state index in [0.717, 1.165) is 17.4 Å². The number of aliphatic carboxylic acids is 1. The molecule has 0 fully saturated rings. The lowest BCUT2D eigenvalue weighted by atomic mass is 10.0. The van der Waals surface area contributed by atoms with Crippen LogP contribution in [0, 0.1) is 6.92 Å². The molecule has 0 spiro atoms. The minimum Gasteiger partial charge on any atom is -0.493 e. The van der Waals surface area contributed by atoms with Crippen LogP contribution in [0.25, 0.3) is 11.0 Å². The zero-order chi connectivity index (χ0) is 15.4. The van der Waals surface area contributed by atoms with Gasteiger partial charge in [-0.1, -0.05) is 6.92 Å². The standard InChI is InChI=1S/C16H18O5/c1-3-8-20-11-4-5-12-10(2)13(6-7-15(17)18)16(19)21-14(12)9-11/h4-5,9H,3,6-8H2,1-2H3,(H,17,18). The van der Waals surface area contributed by atoms with E-state index in [9.17, 15) is 9.59 Å². The van der Waals surface area contributed by atoms with E-state index in [-0.39, 0.29) is 12.8 Å². The number of hydrogen-bond acceptors (Lipinski definition) is 4. The number of fused-ring (bicyclic) bond motifs is 1. The maximum Gasteiger partial charge on any atom is 0.339 e. The second-order valence-electron chi connectivity index (χ2n) is 4.89. The van der Waals surface area contributed by atoms with Gasteiger partial charge in [0.15, 0.2) is 0 Å². The maximum absolute atomic E-state index is 12.0. The van der Waals surface area contributed by atoms with Gasteiger partial charge in [-0.25, -0.2) is 4.79 Å². The largest absolute Gasteiger partial charge is 0.493 e. The molecule has 112 valence electrons. The summed E-state index contributed by atoms with van der Waals surface area (Å²) in [6.07, 6.45) is 0.984. The van der Waals surface area contributed by atoms with Crippen molar-refractivity contribution in [2.24, 2.45) is 0 Å². The van der Waals surface area contributed by atoms with Gasteiger partial charge < -0.3 is 14.3 Å². The third-order valence-electron chi connectivity index (χ3n) is 3.32. The Bertz CT molecular complexity index is 714. The smallest absolute Gasteiger partial charge is 0.339 e. The predicted molar refractivity (Wildman–Crippen MR) is 79.0 cm³/mol. The molecule has 2 aromatic rings. The van der Waals surface area contributed by atoms with Gasteiger partial charge in [-0.2, -0.15) is 0 Å². The zero-order valence-electron chi connectivity index (χ0n) is 12.1. The molecule has 0 aliphatic heterocycles. The van der Waals surface area contributed by atoms with E-state index in [0.29, 0.717) is 23.5 Å². The van der Waals surface area contributed by atoms with Gasteiger partial charge in [0.05, 0.1) is 6.61 Å². The molecule has 0 saturated carbocycles. The molecule has 0 aliphatic carbocycles. The van der Waals surface area contributed by atoms with Crippen LogP contribution in [0.4, 0.5) is 0 Å². The van der Waals surface area contributed by atoms with Crippen LogP contribution in [0.15, 0.2) is 27.4 Å². The summed E-state index contributed by atoms with van der Waals surface area (Å²) >= 11 is 0. The van der Waals surface area contributed by atoms with Crippen molar-refractivity contribution < 1.29 is 19.1 Å². The van der Waals surface area contributed by atoms with Gasteiger partial charge >= 0.3 is 11.6 Å². The number of carboxylic acid groups (broad SMARTS) is 1. The average Bonchev–Trinajstić information content (AvgIpc) is 2.44. The van der Waals surface area contributed by atoms with Crippen molar-refractivity contribution in [3.8, 4) is 5.75 Å². The molecule has 5 nitrogen and oxygen atoms in total. The van der Waals surface area contributed by atoms with E-state index in [2.05, 4.69) is 0 Å². The van der Waals surface area contributed by atoms with Crippen molar-refractivity contribution in [1.82, 2.24) is 0 Å². The molecule has 0 unspecified atom stereocenters. The number of carbonyl (C=O) groups is 1. The normalized spacial score (nSPS) is 10.8. The van der Waals surface area contributed by atoms with Crippen LogP contribution < -0.4 is 10.4 Å². The molecule has 0 amide bonds. The first kappa shape index (κ1) is 15.1. The predicted octanol–water partition coefficient (Wildman–Crippen LogP) is 2.91. The second kappa shape index (κ2) is 6.43. The quantitative estimate of drug-likeness (QED) is 0.828. The molecule has 0 atom stereocenters. The number of ether oxygens (including phenoxy) is 1. The van der Waals surface area contributed by atoms with Crippen LogP contribution in [0.5, 0.6) is 5.75 Å². The Morgan fingerprint density at radius 1 is 1.38 bits per heavy atom. The van der Waals surface area contributed by atoms with Crippen LogP contribution in [0.1, 0.15) is 30.9 Å². The summed E-state index contributed by atoms with van der Waals surface area (Å²) in [5.74, 6) is -0.276. The first-order valence-electron chi connectivity index (χ1n) is 6.94. The molecule has 1 heterocycles.